The molecule has 2 fully saturated rings. The second kappa shape index (κ2) is 7.87. The maximum Gasteiger partial charge on any atom is 0.270 e. The van der Waals surface area contributed by atoms with Gasteiger partial charge in [-0.1, -0.05) is 6.07 Å². The Bertz CT molecular complexity index is 804. The lowest BCUT2D eigenvalue weighted by atomic mass is 10.0. The zero-order valence-electron chi connectivity index (χ0n) is 14.3. The van der Waals surface area contributed by atoms with Crippen molar-refractivity contribution in [3.05, 3.63) is 33.9 Å². The van der Waals surface area contributed by atoms with Crippen molar-refractivity contribution < 1.29 is 18.1 Å². The highest BCUT2D eigenvalue weighted by molar-refractivity contribution is 7.89. The van der Waals surface area contributed by atoms with E-state index in [1.54, 1.807) is 11.8 Å². The van der Waals surface area contributed by atoms with Gasteiger partial charge in [-0.3, -0.25) is 14.9 Å². The number of piperazine rings is 1. The molecule has 0 aliphatic carbocycles. The van der Waals surface area contributed by atoms with E-state index in [-0.39, 0.29) is 47.9 Å². The van der Waals surface area contributed by atoms with Crippen molar-refractivity contribution >= 4 is 34.0 Å². The number of carbonyl (C=O) groups excluding carboxylic acids is 1. The number of nitrogens with zero attached hydrogens (tertiary/aromatic N) is 3. The van der Waals surface area contributed by atoms with Crippen LogP contribution in [-0.2, 0) is 14.8 Å². The van der Waals surface area contributed by atoms with Crippen LogP contribution in [0.15, 0.2) is 23.1 Å². The van der Waals surface area contributed by atoms with Crippen LogP contribution in [0.5, 0.6) is 0 Å². The number of non-ortho nitro benzene ring substituents is 1. The van der Waals surface area contributed by atoms with Gasteiger partial charge in [0.05, 0.1) is 15.7 Å². The van der Waals surface area contributed by atoms with Crippen LogP contribution in [-0.4, -0.2) is 67.7 Å². The van der Waals surface area contributed by atoms with E-state index in [1.165, 1.54) is 16.4 Å². The molecular formula is C15H21ClN4O5S. The molecule has 0 aromatic heterocycles. The summed E-state index contributed by atoms with van der Waals surface area (Å²) in [5.41, 5.74) is 0.208. The number of benzene rings is 1. The molecule has 0 spiro atoms. The summed E-state index contributed by atoms with van der Waals surface area (Å²) in [5, 5.41) is 14.0. The zero-order chi connectivity index (χ0) is 18.2. The number of nitro groups is 1. The Kier molecular flexibility index (Phi) is 6.22. The van der Waals surface area contributed by atoms with E-state index in [1.807, 2.05) is 0 Å². The van der Waals surface area contributed by atoms with Gasteiger partial charge >= 0.3 is 0 Å². The fraction of sp³-hybridized carbons (Fsp3) is 0.533. The molecule has 1 aromatic carbocycles. The average molecular weight is 405 g/mol. The number of nitro benzene ring substituents is 1. The van der Waals surface area contributed by atoms with Gasteiger partial charge in [0, 0.05) is 51.4 Å². The van der Waals surface area contributed by atoms with Crippen molar-refractivity contribution in [2.75, 3.05) is 39.3 Å². The first kappa shape index (κ1) is 20.6. The lowest BCUT2D eigenvalue weighted by molar-refractivity contribution is -0.385. The van der Waals surface area contributed by atoms with Gasteiger partial charge in [0.25, 0.3) is 5.69 Å². The Morgan fingerprint density at radius 1 is 1.23 bits per heavy atom. The molecule has 2 aliphatic heterocycles. The summed E-state index contributed by atoms with van der Waals surface area (Å²) in [4.78, 5) is 24.2. The first-order valence-electron chi connectivity index (χ1n) is 8.05. The molecule has 0 atom stereocenters. The molecule has 2 saturated heterocycles. The minimum atomic E-state index is -3.83. The normalized spacial score (nSPS) is 18.7. The van der Waals surface area contributed by atoms with Crippen LogP contribution in [0, 0.1) is 23.0 Å². The van der Waals surface area contributed by atoms with Gasteiger partial charge in [0.2, 0.25) is 15.9 Å². The Morgan fingerprint density at radius 2 is 1.85 bits per heavy atom. The van der Waals surface area contributed by atoms with Gasteiger partial charge < -0.3 is 10.2 Å². The topological polar surface area (TPSA) is 113 Å². The number of rotatable bonds is 4. The number of carbonyl (C=O) groups is 1. The Morgan fingerprint density at radius 3 is 2.35 bits per heavy atom. The SMILES string of the molecule is Cc1ccc([N+](=O)[O-])cc1S(=O)(=O)N1CCN(C(=O)C2CNC2)CC1.Cl. The largest absolute Gasteiger partial charge is 0.340 e. The lowest BCUT2D eigenvalue weighted by Gasteiger charge is -2.38. The van der Waals surface area contributed by atoms with E-state index in [0.29, 0.717) is 31.7 Å². The van der Waals surface area contributed by atoms with Gasteiger partial charge in [-0.15, -0.1) is 12.4 Å². The van der Waals surface area contributed by atoms with Crippen molar-refractivity contribution in [2.24, 2.45) is 5.92 Å². The third kappa shape index (κ3) is 3.83. The van der Waals surface area contributed by atoms with E-state index in [9.17, 15) is 23.3 Å². The Labute approximate surface area is 158 Å². The minimum Gasteiger partial charge on any atom is -0.340 e. The highest BCUT2D eigenvalue weighted by Gasteiger charge is 2.35. The maximum atomic E-state index is 12.9. The Hall–Kier alpha value is -1.75. The maximum absolute atomic E-state index is 12.9. The van der Waals surface area contributed by atoms with E-state index < -0.39 is 14.9 Å². The second-order valence-electron chi connectivity index (χ2n) is 6.29. The van der Waals surface area contributed by atoms with Gasteiger partial charge in [0.15, 0.2) is 0 Å². The molecule has 0 unspecified atom stereocenters. The Balaban J connectivity index is 0.00000243. The van der Waals surface area contributed by atoms with Crippen molar-refractivity contribution in [3.8, 4) is 0 Å². The molecular weight excluding hydrogens is 384 g/mol. The molecule has 0 saturated carbocycles. The van der Waals surface area contributed by atoms with Crippen LogP contribution in [0.1, 0.15) is 5.56 Å². The molecule has 1 N–H and O–H groups in total. The third-order valence-electron chi connectivity index (χ3n) is 4.68. The van der Waals surface area contributed by atoms with Gasteiger partial charge in [-0.25, -0.2) is 8.42 Å². The van der Waals surface area contributed by atoms with Crippen LogP contribution < -0.4 is 5.32 Å². The summed E-state index contributed by atoms with van der Waals surface area (Å²) >= 11 is 0. The monoisotopic (exact) mass is 404 g/mol. The summed E-state index contributed by atoms with van der Waals surface area (Å²) < 4.78 is 27.0. The molecule has 2 heterocycles. The third-order valence-corrected chi connectivity index (χ3v) is 6.72. The summed E-state index contributed by atoms with van der Waals surface area (Å²) in [7, 11) is -3.83. The first-order chi connectivity index (χ1) is 11.8. The molecule has 9 nitrogen and oxygen atoms in total. The van der Waals surface area contributed by atoms with Gasteiger partial charge in [-0.2, -0.15) is 4.31 Å². The average Bonchev–Trinajstić information content (AvgIpc) is 2.53. The number of nitrogens with one attached hydrogen (secondary N) is 1. The summed E-state index contributed by atoms with van der Waals surface area (Å²) in [6.07, 6.45) is 0. The van der Waals surface area contributed by atoms with Gasteiger partial charge in [0.1, 0.15) is 0 Å². The molecule has 3 rings (SSSR count). The molecule has 0 radical (unpaired) electrons. The number of hydrogen-bond donors (Lipinski definition) is 1. The highest BCUT2D eigenvalue weighted by atomic mass is 35.5. The number of sulfonamides is 1. The molecule has 26 heavy (non-hydrogen) atoms. The summed E-state index contributed by atoms with van der Waals surface area (Å²) in [5.74, 6) is 0.0458. The van der Waals surface area contributed by atoms with Crippen LogP contribution in [0.25, 0.3) is 0 Å². The van der Waals surface area contributed by atoms with Crippen molar-refractivity contribution in [1.29, 1.82) is 0 Å². The zero-order valence-corrected chi connectivity index (χ0v) is 15.9. The molecule has 1 aromatic rings. The quantitative estimate of drug-likeness (QED) is 0.573. The van der Waals surface area contributed by atoms with E-state index in [4.69, 9.17) is 0 Å². The summed E-state index contributed by atoms with van der Waals surface area (Å²) in [6.45, 7) is 4.01. The number of aryl methyl sites for hydroxylation is 1. The number of amides is 1. The van der Waals surface area contributed by atoms with Gasteiger partial charge in [-0.05, 0) is 12.5 Å². The predicted octanol–water partition coefficient (Wildman–Crippen LogP) is 0.377. The number of hydrogen-bond acceptors (Lipinski definition) is 6. The fourth-order valence-electron chi connectivity index (χ4n) is 2.99. The van der Waals surface area contributed by atoms with Crippen LogP contribution in [0.4, 0.5) is 5.69 Å². The second-order valence-corrected chi connectivity index (χ2v) is 8.20. The molecule has 11 heteroatoms. The summed E-state index contributed by atoms with van der Waals surface area (Å²) in [6, 6.07) is 3.83. The predicted molar refractivity (Wildman–Crippen MR) is 96.8 cm³/mol. The van der Waals surface area contributed by atoms with Crippen molar-refractivity contribution in [1.82, 2.24) is 14.5 Å². The van der Waals surface area contributed by atoms with E-state index >= 15 is 0 Å². The molecule has 0 bridgehead atoms. The van der Waals surface area contributed by atoms with Crippen LogP contribution in [0.2, 0.25) is 0 Å². The van der Waals surface area contributed by atoms with E-state index in [2.05, 4.69) is 5.32 Å². The molecule has 2 aliphatic rings. The van der Waals surface area contributed by atoms with Crippen LogP contribution >= 0.6 is 12.4 Å². The van der Waals surface area contributed by atoms with Crippen LogP contribution in [0.3, 0.4) is 0 Å². The molecule has 1 amide bonds. The van der Waals surface area contributed by atoms with E-state index in [0.717, 1.165) is 6.07 Å². The highest BCUT2D eigenvalue weighted by Crippen LogP contribution is 2.25. The standard InChI is InChI=1S/C15H20N4O5S.ClH/c1-11-2-3-13(19(21)22)8-14(11)25(23,24)18-6-4-17(5-7-18)15(20)12-9-16-10-12;/h2-3,8,12,16H,4-7,9-10H2,1H3;1H. The smallest absolute Gasteiger partial charge is 0.270 e. The first-order valence-corrected chi connectivity index (χ1v) is 9.49. The number of halogens is 1. The fourth-order valence-corrected chi connectivity index (χ4v) is 4.66. The molecule has 144 valence electrons. The van der Waals surface area contributed by atoms with Crippen molar-refractivity contribution in [2.45, 2.75) is 11.8 Å². The minimum absolute atomic E-state index is 0. The lowest BCUT2D eigenvalue weighted by Crippen LogP contribution is -2.57. The van der Waals surface area contributed by atoms with Crippen molar-refractivity contribution in [3.63, 3.8) is 0 Å².